The molecule has 0 radical (unpaired) electrons. The van der Waals surface area contributed by atoms with E-state index in [1.54, 1.807) is 32.0 Å². The third kappa shape index (κ3) is 6.43. The monoisotopic (exact) mass is 475 g/mol. The highest BCUT2D eigenvalue weighted by atomic mass is 19.1. The van der Waals surface area contributed by atoms with Gasteiger partial charge in [-0.3, -0.25) is 19.9 Å². The first kappa shape index (κ1) is 26.6. The van der Waals surface area contributed by atoms with Crippen molar-refractivity contribution in [3.05, 3.63) is 66.1 Å². The van der Waals surface area contributed by atoms with Crippen LogP contribution in [-0.2, 0) is 9.59 Å². The van der Waals surface area contributed by atoms with E-state index in [0.717, 1.165) is 17.2 Å². The Hall–Kier alpha value is -3.69. The minimum absolute atomic E-state index is 0.0624. The Morgan fingerprint density at radius 2 is 1.97 bits per heavy atom. The van der Waals surface area contributed by atoms with Crippen LogP contribution in [0.3, 0.4) is 0 Å². The fraction of sp³-hybridized carbons (Fsp3) is 0.333. The molecule has 10 heteroatoms. The third-order valence-corrected chi connectivity index (χ3v) is 5.45. The third-order valence-electron chi connectivity index (χ3n) is 5.45. The molecule has 0 saturated heterocycles. The molecule has 34 heavy (non-hydrogen) atoms. The van der Waals surface area contributed by atoms with Crippen LogP contribution < -0.4 is 5.73 Å². The van der Waals surface area contributed by atoms with E-state index in [0.29, 0.717) is 5.56 Å². The van der Waals surface area contributed by atoms with Gasteiger partial charge in [-0.15, -0.1) is 0 Å². The van der Waals surface area contributed by atoms with Crippen LogP contribution >= 0.6 is 0 Å². The van der Waals surface area contributed by atoms with Crippen molar-refractivity contribution < 1.29 is 22.8 Å². The van der Waals surface area contributed by atoms with E-state index in [-0.39, 0.29) is 29.9 Å². The fourth-order valence-corrected chi connectivity index (χ4v) is 3.36. The van der Waals surface area contributed by atoms with Crippen molar-refractivity contribution in [3.63, 3.8) is 0 Å². The number of pyridine rings is 1. The highest BCUT2D eigenvalue weighted by Gasteiger charge is 2.25. The highest BCUT2D eigenvalue weighted by molar-refractivity contribution is 5.98. The summed E-state index contributed by atoms with van der Waals surface area (Å²) in [7, 11) is 1.33. The van der Waals surface area contributed by atoms with Crippen LogP contribution in [0.4, 0.5) is 13.2 Å². The maximum atomic E-state index is 14.2. The molecule has 0 saturated carbocycles. The van der Waals surface area contributed by atoms with Crippen LogP contribution in [0.5, 0.6) is 0 Å². The Bertz CT molecular complexity index is 1080. The summed E-state index contributed by atoms with van der Waals surface area (Å²) in [6, 6.07) is 6.60. The van der Waals surface area contributed by atoms with Gasteiger partial charge in [-0.05, 0) is 36.4 Å². The predicted molar refractivity (Wildman–Crippen MR) is 124 cm³/mol. The summed E-state index contributed by atoms with van der Waals surface area (Å²) in [5, 5.41) is 7.60. The van der Waals surface area contributed by atoms with Crippen molar-refractivity contribution in [2.24, 2.45) is 5.73 Å². The lowest BCUT2D eigenvalue weighted by molar-refractivity contribution is -0.127. The molecular formula is C24H28F3N5O2. The second kappa shape index (κ2) is 12.0. The Morgan fingerprint density at radius 1 is 1.26 bits per heavy atom. The molecule has 1 aromatic carbocycles. The van der Waals surface area contributed by atoms with Crippen LogP contribution in [-0.4, -0.2) is 58.7 Å². The maximum Gasteiger partial charge on any atom is 0.240 e. The van der Waals surface area contributed by atoms with Crippen molar-refractivity contribution in [1.29, 1.82) is 5.41 Å². The first-order chi connectivity index (χ1) is 16.1. The van der Waals surface area contributed by atoms with Crippen LogP contribution in [0.2, 0.25) is 0 Å². The molecule has 0 aliphatic carbocycles. The summed E-state index contributed by atoms with van der Waals surface area (Å²) < 4.78 is 41.0. The number of nitrogens with one attached hydrogen (secondary N) is 1. The average molecular weight is 476 g/mol. The number of nitrogens with zero attached hydrogens (tertiary/aromatic N) is 3. The number of hydrogen-bond acceptors (Lipinski definition) is 5. The number of guanidine groups is 1. The minimum atomic E-state index is -1.01. The van der Waals surface area contributed by atoms with E-state index < -0.39 is 42.3 Å². The van der Waals surface area contributed by atoms with Gasteiger partial charge in [0.1, 0.15) is 12.5 Å². The van der Waals surface area contributed by atoms with Crippen molar-refractivity contribution >= 4 is 17.6 Å². The quantitative estimate of drug-likeness (QED) is 0.310. The minimum Gasteiger partial charge on any atom is -0.370 e. The first-order valence-electron chi connectivity index (χ1n) is 10.7. The average Bonchev–Trinajstić information content (AvgIpc) is 2.83. The standard InChI is InChI=1S/C24H28F3N5O2/c1-4-21(33)15(2)32(11-9-25)10-8-19(23(34)31(3)24(28)29)16-6-5-7-17(12-16)20-13-18(26)14-30-22(20)27/h5-8,10,12-15,19H,4,9,11H2,1-3H3,(H3,28,29)/b10-8+. The molecule has 2 aromatic rings. The van der Waals surface area contributed by atoms with Gasteiger partial charge in [0, 0.05) is 25.6 Å². The molecule has 1 aromatic heterocycles. The predicted octanol–water partition coefficient (Wildman–Crippen LogP) is 3.62. The molecule has 2 unspecified atom stereocenters. The molecule has 2 atom stereocenters. The molecule has 0 bridgehead atoms. The first-order valence-corrected chi connectivity index (χ1v) is 10.7. The smallest absolute Gasteiger partial charge is 0.240 e. The number of hydrogen-bond donors (Lipinski definition) is 2. The van der Waals surface area contributed by atoms with Crippen LogP contribution in [0.25, 0.3) is 11.1 Å². The van der Waals surface area contributed by atoms with Crippen molar-refractivity contribution in [2.45, 2.75) is 32.2 Å². The van der Waals surface area contributed by atoms with Crippen molar-refractivity contribution in [3.8, 4) is 11.1 Å². The van der Waals surface area contributed by atoms with Crippen molar-refractivity contribution in [1.82, 2.24) is 14.8 Å². The summed E-state index contributed by atoms with van der Waals surface area (Å²) in [6.07, 6.45) is 3.96. The van der Waals surface area contributed by atoms with Gasteiger partial charge in [0.2, 0.25) is 11.9 Å². The largest absolute Gasteiger partial charge is 0.370 e. The summed E-state index contributed by atoms with van der Waals surface area (Å²) in [6.45, 7) is 2.58. The summed E-state index contributed by atoms with van der Waals surface area (Å²) in [5.41, 5.74) is 6.07. The zero-order valence-corrected chi connectivity index (χ0v) is 19.3. The Morgan fingerprint density at radius 3 is 2.59 bits per heavy atom. The number of aromatic nitrogens is 1. The highest BCUT2D eigenvalue weighted by Crippen LogP contribution is 2.28. The second-order valence-corrected chi connectivity index (χ2v) is 7.64. The fourth-order valence-electron chi connectivity index (χ4n) is 3.36. The number of ketones is 1. The van der Waals surface area contributed by atoms with Gasteiger partial charge >= 0.3 is 0 Å². The van der Waals surface area contributed by atoms with E-state index >= 15 is 0 Å². The number of carbonyl (C=O) groups is 2. The van der Waals surface area contributed by atoms with Gasteiger partial charge in [-0.2, -0.15) is 4.39 Å². The van der Waals surface area contributed by atoms with Gasteiger partial charge < -0.3 is 10.6 Å². The normalized spacial score (nSPS) is 12.9. The summed E-state index contributed by atoms with van der Waals surface area (Å²) >= 11 is 0. The Labute approximate surface area is 196 Å². The molecule has 2 rings (SSSR count). The summed E-state index contributed by atoms with van der Waals surface area (Å²) in [4.78, 5) is 31.1. The number of amides is 1. The zero-order valence-electron chi connectivity index (χ0n) is 19.3. The van der Waals surface area contributed by atoms with E-state index in [9.17, 15) is 22.8 Å². The number of benzene rings is 1. The lowest BCUT2D eigenvalue weighted by Gasteiger charge is -2.27. The second-order valence-electron chi connectivity index (χ2n) is 7.64. The maximum absolute atomic E-state index is 14.2. The molecular weight excluding hydrogens is 447 g/mol. The van der Waals surface area contributed by atoms with Gasteiger partial charge in [-0.25, -0.2) is 13.8 Å². The number of likely N-dealkylation sites (N-methyl/N-ethyl adjacent to an activating group) is 1. The topological polar surface area (TPSA) is 103 Å². The molecule has 7 nitrogen and oxygen atoms in total. The van der Waals surface area contributed by atoms with Crippen molar-refractivity contribution in [2.75, 3.05) is 20.3 Å². The lowest BCUT2D eigenvalue weighted by Crippen LogP contribution is -2.41. The number of carbonyl (C=O) groups excluding carboxylic acids is 2. The molecule has 0 spiro atoms. The molecule has 1 amide bonds. The van der Waals surface area contributed by atoms with Gasteiger partial charge in [0.25, 0.3) is 0 Å². The SMILES string of the molecule is CCC(=O)C(C)N(/C=C/C(C(=O)N(C)C(=N)N)c1cccc(-c2cc(F)cnc2F)c1)CCF. The van der Waals surface area contributed by atoms with E-state index in [1.165, 1.54) is 30.3 Å². The molecule has 0 aliphatic rings. The van der Waals surface area contributed by atoms with Gasteiger partial charge in [-0.1, -0.05) is 31.2 Å². The molecule has 1 heterocycles. The lowest BCUT2D eigenvalue weighted by atomic mass is 9.94. The van der Waals surface area contributed by atoms with Crippen LogP contribution in [0.1, 0.15) is 31.7 Å². The zero-order chi connectivity index (χ0) is 25.4. The van der Waals surface area contributed by atoms with E-state index in [4.69, 9.17) is 11.1 Å². The molecule has 0 aliphatic heterocycles. The number of halogens is 3. The Balaban J connectivity index is 2.54. The number of rotatable bonds is 10. The molecule has 182 valence electrons. The van der Waals surface area contributed by atoms with E-state index in [2.05, 4.69) is 4.98 Å². The molecule has 3 N–H and O–H groups in total. The number of Topliss-reactive ketones (excluding diaryl/α,β-unsaturated/α-hetero) is 1. The number of nitrogens with two attached hydrogens (primary N) is 1. The molecule has 0 fully saturated rings. The van der Waals surface area contributed by atoms with E-state index in [1.807, 2.05) is 0 Å². The summed E-state index contributed by atoms with van der Waals surface area (Å²) in [5.74, 6) is -3.77. The van der Waals surface area contributed by atoms with Crippen LogP contribution in [0.15, 0.2) is 48.8 Å². The van der Waals surface area contributed by atoms with Gasteiger partial charge in [0.05, 0.1) is 18.2 Å². The Kier molecular flexibility index (Phi) is 9.35. The van der Waals surface area contributed by atoms with Gasteiger partial charge in [0.15, 0.2) is 11.7 Å². The number of alkyl halides is 1. The van der Waals surface area contributed by atoms with Crippen LogP contribution in [0, 0.1) is 17.2 Å².